The average Bonchev–Trinajstić information content (AvgIpc) is 2.49. The molecule has 0 bridgehead atoms. The smallest absolute Gasteiger partial charge is 0.338 e. The quantitative estimate of drug-likeness (QED) is 0.749. The molecule has 2 atom stereocenters. The molecule has 1 heterocycles. The summed E-state index contributed by atoms with van der Waals surface area (Å²) in [6.45, 7) is 10.2. The maximum absolute atomic E-state index is 11.9. The first-order chi connectivity index (χ1) is 10.9. The van der Waals surface area contributed by atoms with Gasteiger partial charge in [-0.25, -0.2) is 4.79 Å². The van der Waals surface area contributed by atoms with Crippen LogP contribution in [0.5, 0.6) is 11.5 Å². The molecular formula is C17H24O6. The van der Waals surface area contributed by atoms with E-state index in [4.69, 9.17) is 23.7 Å². The molecule has 0 fully saturated rings. The average molecular weight is 324 g/mol. The number of fused-ring (bicyclic) bond motifs is 1. The van der Waals surface area contributed by atoms with Crippen LogP contribution in [0.4, 0.5) is 0 Å². The topological polar surface area (TPSA) is 63.2 Å². The van der Waals surface area contributed by atoms with E-state index >= 15 is 0 Å². The van der Waals surface area contributed by atoms with E-state index in [1.165, 1.54) is 0 Å². The van der Waals surface area contributed by atoms with Crippen LogP contribution in [0.15, 0.2) is 18.2 Å². The van der Waals surface area contributed by atoms with E-state index in [9.17, 15) is 4.79 Å². The Bertz CT molecular complexity index is 572. The van der Waals surface area contributed by atoms with Crippen molar-refractivity contribution >= 4 is 5.97 Å². The minimum Gasteiger partial charge on any atom is -0.462 e. The molecule has 0 N–H and O–H groups in total. The van der Waals surface area contributed by atoms with Crippen molar-refractivity contribution in [3.05, 3.63) is 23.8 Å². The van der Waals surface area contributed by atoms with Crippen LogP contribution >= 0.6 is 0 Å². The molecular weight excluding hydrogens is 300 g/mol. The van der Waals surface area contributed by atoms with Crippen molar-refractivity contribution < 1.29 is 28.5 Å². The molecule has 6 nitrogen and oxygen atoms in total. The molecule has 1 aliphatic rings. The standard InChI is InChI=1S/C17H24O6/c1-6-19-15(18)12-9-10-13-14(11-12)23-17(5,21-8-3)16(4,22-13)20-7-2/h9-11H,6-8H2,1-5H3. The first-order valence-electron chi connectivity index (χ1n) is 7.86. The van der Waals surface area contributed by atoms with Gasteiger partial charge in [-0.2, -0.15) is 0 Å². The Hall–Kier alpha value is -1.79. The summed E-state index contributed by atoms with van der Waals surface area (Å²) in [7, 11) is 0. The number of ether oxygens (including phenoxy) is 5. The largest absolute Gasteiger partial charge is 0.462 e. The van der Waals surface area contributed by atoms with Gasteiger partial charge in [-0.05, 0) is 39.0 Å². The summed E-state index contributed by atoms with van der Waals surface area (Å²) in [6.07, 6.45) is 0. The molecule has 23 heavy (non-hydrogen) atoms. The predicted molar refractivity (Wildman–Crippen MR) is 83.7 cm³/mol. The zero-order valence-electron chi connectivity index (χ0n) is 14.3. The minimum atomic E-state index is -1.14. The second kappa shape index (κ2) is 6.76. The van der Waals surface area contributed by atoms with E-state index in [1.807, 2.05) is 13.8 Å². The van der Waals surface area contributed by atoms with Gasteiger partial charge in [0.2, 0.25) is 0 Å². The molecule has 2 unspecified atom stereocenters. The van der Waals surface area contributed by atoms with E-state index in [1.54, 1.807) is 39.0 Å². The van der Waals surface area contributed by atoms with Crippen molar-refractivity contribution in [3.8, 4) is 11.5 Å². The Balaban J connectivity index is 2.38. The van der Waals surface area contributed by atoms with E-state index in [0.717, 1.165) is 0 Å². The lowest BCUT2D eigenvalue weighted by atomic mass is 10.1. The van der Waals surface area contributed by atoms with Gasteiger partial charge >= 0.3 is 5.97 Å². The van der Waals surface area contributed by atoms with E-state index in [-0.39, 0.29) is 0 Å². The lowest BCUT2D eigenvalue weighted by Crippen LogP contribution is -2.63. The van der Waals surface area contributed by atoms with Gasteiger partial charge < -0.3 is 23.7 Å². The van der Waals surface area contributed by atoms with Gasteiger partial charge in [-0.3, -0.25) is 0 Å². The summed E-state index contributed by atoms with van der Waals surface area (Å²) in [6, 6.07) is 4.90. The van der Waals surface area contributed by atoms with Gasteiger partial charge in [0.15, 0.2) is 11.5 Å². The number of carbonyl (C=O) groups is 1. The van der Waals surface area contributed by atoms with Crippen LogP contribution in [0, 0.1) is 0 Å². The zero-order chi connectivity index (χ0) is 17.1. The van der Waals surface area contributed by atoms with Crippen LogP contribution in [0.25, 0.3) is 0 Å². The molecule has 0 saturated carbocycles. The van der Waals surface area contributed by atoms with Crippen molar-refractivity contribution in [2.75, 3.05) is 19.8 Å². The fourth-order valence-corrected chi connectivity index (χ4v) is 2.49. The second-order valence-corrected chi connectivity index (χ2v) is 5.34. The summed E-state index contributed by atoms with van der Waals surface area (Å²) < 4.78 is 28.5. The summed E-state index contributed by atoms with van der Waals surface area (Å²) in [5.74, 6) is -1.74. The highest BCUT2D eigenvalue weighted by Crippen LogP contribution is 2.45. The van der Waals surface area contributed by atoms with Gasteiger partial charge in [0.05, 0.1) is 12.2 Å². The molecule has 6 heteroatoms. The number of benzene rings is 1. The zero-order valence-corrected chi connectivity index (χ0v) is 14.3. The third-order valence-corrected chi connectivity index (χ3v) is 3.73. The van der Waals surface area contributed by atoms with Crippen molar-refractivity contribution in [1.82, 2.24) is 0 Å². The SMILES string of the molecule is CCOC(=O)c1ccc2c(c1)OC(C)(OCC)C(C)(OCC)O2. The molecule has 0 saturated heterocycles. The summed E-state index contributed by atoms with van der Waals surface area (Å²) in [5, 5.41) is 0. The Morgan fingerprint density at radius 1 is 0.957 bits per heavy atom. The maximum Gasteiger partial charge on any atom is 0.338 e. The number of hydrogen-bond donors (Lipinski definition) is 0. The second-order valence-electron chi connectivity index (χ2n) is 5.34. The van der Waals surface area contributed by atoms with Crippen molar-refractivity contribution in [2.45, 2.75) is 46.2 Å². The highest BCUT2D eigenvalue weighted by atomic mass is 16.8. The highest BCUT2D eigenvalue weighted by molar-refractivity contribution is 5.90. The van der Waals surface area contributed by atoms with Crippen LogP contribution < -0.4 is 9.47 Å². The monoisotopic (exact) mass is 324 g/mol. The first kappa shape index (κ1) is 17.6. The fraction of sp³-hybridized carbons (Fsp3) is 0.588. The van der Waals surface area contributed by atoms with Crippen molar-refractivity contribution in [3.63, 3.8) is 0 Å². The molecule has 1 aliphatic heterocycles. The third kappa shape index (κ3) is 3.28. The van der Waals surface area contributed by atoms with E-state index in [0.29, 0.717) is 36.9 Å². The van der Waals surface area contributed by atoms with Gasteiger partial charge in [-0.1, -0.05) is 0 Å². The molecule has 0 amide bonds. The summed E-state index contributed by atoms with van der Waals surface area (Å²) in [4.78, 5) is 11.9. The third-order valence-electron chi connectivity index (χ3n) is 3.73. The molecule has 0 spiro atoms. The number of rotatable bonds is 6. The normalized spacial score (nSPS) is 26.0. The highest BCUT2D eigenvalue weighted by Gasteiger charge is 2.55. The van der Waals surface area contributed by atoms with Gasteiger partial charge in [0.25, 0.3) is 11.6 Å². The number of carbonyl (C=O) groups excluding carboxylic acids is 1. The number of hydrogen-bond acceptors (Lipinski definition) is 6. The Morgan fingerprint density at radius 2 is 1.52 bits per heavy atom. The van der Waals surface area contributed by atoms with Gasteiger partial charge in [-0.15, -0.1) is 0 Å². The Kier molecular flexibility index (Phi) is 5.16. The van der Waals surface area contributed by atoms with Crippen LogP contribution in [0.3, 0.4) is 0 Å². The van der Waals surface area contributed by atoms with E-state index < -0.39 is 17.5 Å². The molecule has 0 aromatic heterocycles. The van der Waals surface area contributed by atoms with Crippen molar-refractivity contribution in [1.29, 1.82) is 0 Å². The maximum atomic E-state index is 11.9. The van der Waals surface area contributed by atoms with E-state index in [2.05, 4.69) is 0 Å². The van der Waals surface area contributed by atoms with Crippen LogP contribution in [-0.2, 0) is 14.2 Å². The fourth-order valence-electron chi connectivity index (χ4n) is 2.49. The Labute approximate surface area is 136 Å². The lowest BCUT2D eigenvalue weighted by molar-refractivity contribution is -0.357. The summed E-state index contributed by atoms with van der Waals surface area (Å²) in [5.41, 5.74) is 0.396. The summed E-state index contributed by atoms with van der Waals surface area (Å²) >= 11 is 0. The predicted octanol–water partition coefficient (Wildman–Crippen LogP) is 3.14. The van der Waals surface area contributed by atoms with Crippen LogP contribution in [0.1, 0.15) is 45.0 Å². The number of esters is 1. The molecule has 128 valence electrons. The van der Waals surface area contributed by atoms with Crippen molar-refractivity contribution in [2.24, 2.45) is 0 Å². The van der Waals surface area contributed by atoms with Crippen LogP contribution in [-0.4, -0.2) is 37.4 Å². The minimum absolute atomic E-state index is 0.312. The van der Waals surface area contributed by atoms with Crippen LogP contribution in [0.2, 0.25) is 0 Å². The molecule has 0 radical (unpaired) electrons. The lowest BCUT2D eigenvalue weighted by Gasteiger charge is -2.47. The Morgan fingerprint density at radius 3 is 2.04 bits per heavy atom. The molecule has 1 aromatic carbocycles. The molecule has 1 aromatic rings. The first-order valence-corrected chi connectivity index (χ1v) is 7.86. The van der Waals surface area contributed by atoms with Gasteiger partial charge in [0, 0.05) is 27.1 Å². The molecule has 2 rings (SSSR count). The van der Waals surface area contributed by atoms with Gasteiger partial charge in [0.1, 0.15) is 0 Å². The molecule has 0 aliphatic carbocycles.